The number of H-pyrrole nitrogens is 1. The fraction of sp³-hybridized carbons (Fsp3) is 0.276. The lowest BCUT2D eigenvalue weighted by molar-refractivity contribution is -0.384. The number of nitrogens with zero attached hydrogens (tertiary/aromatic N) is 1. The highest BCUT2D eigenvalue weighted by Crippen LogP contribution is 2.31. The van der Waals surface area contributed by atoms with Gasteiger partial charge in [-0.15, -0.1) is 0 Å². The predicted octanol–water partition coefficient (Wildman–Crippen LogP) is 5.94. The molecule has 0 amide bonds. The molecule has 0 bridgehead atoms. The minimum atomic E-state index is -0.492. The molecule has 0 saturated carbocycles. The number of aromatic amines is 1. The summed E-state index contributed by atoms with van der Waals surface area (Å²) in [6.07, 6.45) is 5.39. The van der Waals surface area contributed by atoms with Crippen molar-refractivity contribution >= 4 is 22.4 Å². The van der Waals surface area contributed by atoms with E-state index in [0.29, 0.717) is 18.6 Å². The molecule has 1 heterocycles. The molecule has 0 aliphatic heterocycles. The number of fused-ring (bicyclic) bond motifs is 3. The van der Waals surface area contributed by atoms with Crippen LogP contribution in [-0.4, -0.2) is 28.8 Å². The van der Waals surface area contributed by atoms with Crippen LogP contribution in [0.1, 0.15) is 52.5 Å². The Bertz CT molecular complexity index is 1380. The van der Waals surface area contributed by atoms with Crippen LogP contribution in [0, 0.1) is 10.1 Å². The minimum absolute atomic E-state index is 0.0702. The van der Waals surface area contributed by atoms with Gasteiger partial charge in [0.2, 0.25) is 0 Å². The largest absolute Gasteiger partial charge is 0.493 e. The second-order valence-corrected chi connectivity index (χ2v) is 9.21. The molecule has 5 rings (SSSR count). The van der Waals surface area contributed by atoms with E-state index < -0.39 is 4.92 Å². The van der Waals surface area contributed by atoms with Crippen molar-refractivity contribution in [2.24, 2.45) is 0 Å². The fourth-order valence-corrected chi connectivity index (χ4v) is 4.96. The van der Waals surface area contributed by atoms with Gasteiger partial charge in [-0.2, -0.15) is 0 Å². The third-order valence-electron chi connectivity index (χ3n) is 6.83. The molecule has 1 aliphatic rings. The molecule has 4 aromatic rings. The number of aryl methyl sites for hydroxylation is 2. The lowest BCUT2D eigenvalue weighted by atomic mass is 9.96. The number of Topliss-reactive ketones (excluding diaryl/α,β-unsaturated/α-hetero) is 1. The Morgan fingerprint density at radius 3 is 2.69 bits per heavy atom. The number of hydrogen-bond donors (Lipinski definition) is 2. The lowest BCUT2D eigenvalue weighted by Gasteiger charge is -2.19. The number of aromatic nitrogens is 1. The summed E-state index contributed by atoms with van der Waals surface area (Å²) in [5.41, 5.74) is 5.22. The van der Waals surface area contributed by atoms with Crippen LogP contribution in [0.25, 0.3) is 10.9 Å². The highest BCUT2D eigenvalue weighted by atomic mass is 16.6. The van der Waals surface area contributed by atoms with Crippen LogP contribution in [0.15, 0.2) is 72.8 Å². The Kier molecular flexibility index (Phi) is 7.09. The van der Waals surface area contributed by atoms with Crippen molar-refractivity contribution in [1.29, 1.82) is 0 Å². The smallest absolute Gasteiger partial charge is 0.270 e. The van der Waals surface area contributed by atoms with Crippen molar-refractivity contribution in [2.75, 3.05) is 13.2 Å². The zero-order valence-electron chi connectivity index (χ0n) is 20.0. The summed E-state index contributed by atoms with van der Waals surface area (Å²) in [6, 6.07) is 21.9. The van der Waals surface area contributed by atoms with E-state index in [9.17, 15) is 14.9 Å². The Hall–Kier alpha value is -3.97. The number of nitrogens with one attached hydrogen (secondary N) is 2. The number of ether oxygens (including phenoxy) is 1. The van der Waals surface area contributed by atoms with Gasteiger partial charge in [-0.05, 0) is 48.9 Å². The zero-order valence-corrected chi connectivity index (χ0v) is 20.0. The molecule has 7 nitrogen and oxygen atoms in total. The SMILES string of the molecule is O=C(CNC(CCOc1ccc2c3c([nH]c2c1)CCCC3)c1ccccc1)c1cccc([N+](=O)[O-])c1. The molecule has 0 fully saturated rings. The number of nitro benzene ring substituents is 1. The quantitative estimate of drug-likeness (QED) is 0.165. The molecule has 0 spiro atoms. The van der Waals surface area contributed by atoms with Crippen molar-refractivity contribution in [3.8, 4) is 5.75 Å². The van der Waals surface area contributed by atoms with Gasteiger partial charge in [0.15, 0.2) is 5.78 Å². The molecule has 1 atom stereocenters. The van der Waals surface area contributed by atoms with Crippen LogP contribution in [0.5, 0.6) is 5.75 Å². The summed E-state index contributed by atoms with van der Waals surface area (Å²) in [5, 5.41) is 15.7. The third-order valence-corrected chi connectivity index (χ3v) is 6.83. The van der Waals surface area contributed by atoms with E-state index in [1.54, 1.807) is 6.07 Å². The molecule has 2 N–H and O–H groups in total. The van der Waals surface area contributed by atoms with Gasteiger partial charge in [-0.1, -0.05) is 42.5 Å². The predicted molar refractivity (Wildman–Crippen MR) is 140 cm³/mol. The van der Waals surface area contributed by atoms with E-state index in [2.05, 4.69) is 22.4 Å². The van der Waals surface area contributed by atoms with Gasteiger partial charge >= 0.3 is 0 Å². The Morgan fingerprint density at radius 1 is 1.03 bits per heavy atom. The second kappa shape index (κ2) is 10.7. The number of ketones is 1. The molecule has 1 aromatic heterocycles. The summed E-state index contributed by atoms with van der Waals surface area (Å²) < 4.78 is 6.11. The average molecular weight is 484 g/mol. The Balaban J connectivity index is 1.23. The first kappa shape index (κ1) is 23.8. The van der Waals surface area contributed by atoms with Gasteiger partial charge < -0.3 is 15.0 Å². The molecule has 0 radical (unpaired) electrons. The third kappa shape index (κ3) is 5.31. The van der Waals surface area contributed by atoms with Crippen LogP contribution in [-0.2, 0) is 12.8 Å². The van der Waals surface area contributed by atoms with Crippen molar-refractivity contribution in [3.63, 3.8) is 0 Å². The number of non-ortho nitro benzene ring substituents is 1. The number of carbonyl (C=O) groups excluding carboxylic acids is 1. The fourth-order valence-electron chi connectivity index (χ4n) is 4.96. The van der Waals surface area contributed by atoms with Crippen LogP contribution in [0.4, 0.5) is 5.69 Å². The molecule has 1 unspecified atom stereocenters. The number of nitro groups is 1. The molecular weight excluding hydrogens is 454 g/mol. The normalized spacial score (nSPS) is 13.8. The van der Waals surface area contributed by atoms with Gasteiger partial charge in [0.05, 0.1) is 18.1 Å². The second-order valence-electron chi connectivity index (χ2n) is 9.21. The first-order chi connectivity index (χ1) is 17.6. The van der Waals surface area contributed by atoms with Crippen LogP contribution < -0.4 is 10.1 Å². The maximum absolute atomic E-state index is 12.7. The topological polar surface area (TPSA) is 97.3 Å². The maximum Gasteiger partial charge on any atom is 0.270 e. The molecule has 36 heavy (non-hydrogen) atoms. The summed E-state index contributed by atoms with van der Waals surface area (Å²) >= 11 is 0. The summed E-state index contributed by atoms with van der Waals surface area (Å²) in [6.45, 7) is 0.546. The van der Waals surface area contributed by atoms with Gasteiger partial charge in [-0.25, -0.2) is 0 Å². The molecule has 7 heteroatoms. The van der Waals surface area contributed by atoms with E-state index in [4.69, 9.17) is 4.74 Å². The highest BCUT2D eigenvalue weighted by molar-refractivity contribution is 5.98. The van der Waals surface area contributed by atoms with E-state index in [1.807, 2.05) is 36.4 Å². The molecule has 1 aliphatic carbocycles. The molecule has 0 saturated heterocycles. The molecule has 3 aromatic carbocycles. The van der Waals surface area contributed by atoms with Gasteiger partial charge in [0.25, 0.3) is 5.69 Å². The summed E-state index contributed by atoms with van der Waals surface area (Å²) in [7, 11) is 0. The summed E-state index contributed by atoms with van der Waals surface area (Å²) in [4.78, 5) is 26.9. The zero-order chi connectivity index (χ0) is 24.9. The first-order valence-corrected chi connectivity index (χ1v) is 12.4. The van der Waals surface area contributed by atoms with E-state index in [-0.39, 0.29) is 24.1 Å². The standard InChI is InChI=1S/C29H29N3O4/c33-29(21-9-6-10-22(17-21)32(34)35)19-30-26(20-7-2-1-3-8-20)15-16-36-23-13-14-25-24-11-4-5-12-27(24)31-28(25)18-23/h1-3,6-10,13-14,17-18,26,30-31H,4-5,11-12,15-16,19H2. The highest BCUT2D eigenvalue weighted by Gasteiger charge is 2.17. The van der Waals surface area contributed by atoms with Gasteiger partial charge in [-0.3, -0.25) is 14.9 Å². The summed E-state index contributed by atoms with van der Waals surface area (Å²) in [5.74, 6) is 0.627. The van der Waals surface area contributed by atoms with Crippen molar-refractivity contribution in [1.82, 2.24) is 10.3 Å². The Labute approximate surface area is 209 Å². The van der Waals surface area contributed by atoms with Gasteiger partial charge in [0.1, 0.15) is 5.75 Å². The molecular formula is C29H29N3O4. The number of carbonyl (C=O) groups is 1. The minimum Gasteiger partial charge on any atom is -0.493 e. The van der Waals surface area contributed by atoms with Crippen molar-refractivity contribution in [2.45, 2.75) is 38.1 Å². The van der Waals surface area contributed by atoms with E-state index in [1.165, 1.54) is 47.7 Å². The lowest BCUT2D eigenvalue weighted by Crippen LogP contribution is -2.29. The number of benzene rings is 3. The van der Waals surface area contributed by atoms with Crippen LogP contribution in [0.2, 0.25) is 0 Å². The van der Waals surface area contributed by atoms with Crippen molar-refractivity contribution < 1.29 is 14.5 Å². The van der Waals surface area contributed by atoms with Crippen LogP contribution >= 0.6 is 0 Å². The number of hydrogen-bond acceptors (Lipinski definition) is 5. The molecule has 184 valence electrons. The monoisotopic (exact) mass is 483 g/mol. The van der Waals surface area contributed by atoms with Gasteiger partial charge in [0, 0.05) is 52.8 Å². The van der Waals surface area contributed by atoms with E-state index in [0.717, 1.165) is 29.7 Å². The average Bonchev–Trinajstić information content (AvgIpc) is 3.29. The number of rotatable bonds is 10. The van der Waals surface area contributed by atoms with E-state index >= 15 is 0 Å². The Morgan fingerprint density at radius 2 is 1.86 bits per heavy atom. The van der Waals surface area contributed by atoms with Crippen molar-refractivity contribution in [3.05, 3.63) is 105 Å². The maximum atomic E-state index is 12.7. The van der Waals surface area contributed by atoms with Crippen LogP contribution in [0.3, 0.4) is 0 Å². The first-order valence-electron chi connectivity index (χ1n) is 12.4.